The Labute approximate surface area is 280 Å². The molecule has 0 bridgehead atoms. The zero-order valence-electron chi connectivity index (χ0n) is 28.6. The van der Waals surface area contributed by atoms with Crippen molar-refractivity contribution in [2.75, 3.05) is 38.1 Å². The first-order valence-electron chi connectivity index (χ1n) is 17.1. The molecule has 2 aromatic rings. The molecule has 4 atom stereocenters. The van der Waals surface area contributed by atoms with Crippen molar-refractivity contribution < 1.29 is 32.6 Å². The molecule has 11 heteroatoms. The molecule has 0 aromatic heterocycles. The van der Waals surface area contributed by atoms with Crippen molar-refractivity contribution in [2.45, 2.75) is 102 Å². The zero-order chi connectivity index (χ0) is 34.1. The molecule has 1 aliphatic carbocycles. The number of anilines is 1. The monoisotopic (exact) mass is 671 g/mol. The fourth-order valence-corrected chi connectivity index (χ4v) is 7.45. The van der Waals surface area contributed by atoms with Gasteiger partial charge in [0.15, 0.2) is 0 Å². The molecule has 4 rings (SSSR count). The zero-order valence-corrected chi connectivity index (χ0v) is 29.4. The first-order valence-corrected chi connectivity index (χ1v) is 18.6. The number of sulfonamides is 1. The molecule has 2 N–H and O–H groups in total. The number of hydrogen-bond donors (Lipinski definition) is 2. The van der Waals surface area contributed by atoms with Crippen molar-refractivity contribution in [3.63, 3.8) is 0 Å². The molecule has 0 radical (unpaired) electrons. The van der Waals surface area contributed by atoms with Gasteiger partial charge in [0.1, 0.15) is 5.75 Å². The Morgan fingerprint density at radius 2 is 1.72 bits per heavy atom. The molecule has 1 fully saturated rings. The second kappa shape index (κ2) is 16.8. The van der Waals surface area contributed by atoms with Crippen molar-refractivity contribution >= 4 is 27.5 Å². The first-order chi connectivity index (χ1) is 22.4. The van der Waals surface area contributed by atoms with Gasteiger partial charge in [0.2, 0.25) is 5.91 Å². The van der Waals surface area contributed by atoms with Crippen LogP contribution in [0, 0.1) is 18.8 Å². The minimum absolute atomic E-state index is 0.0469. The van der Waals surface area contributed by atoms with E-state index in [-0.39, 0.29) is 65.2 Å². The van der Waals surface area contributed by atoms with Gasteiger partial charge in [0.05, 0.1) is 35.3 Å². The molecule has 2 aromatic carbocycles. The Morgan fingerprint density at radius 3 is 2.40 bits per heavy atom. The third kappa shape index (κ3) is 9.93. The van der Waals surface area contributed by atoms with Crippen LogP contribution < -0.4 is 9.46 Å². The number of benzene rings is 2. The molecule has 0 unspecified atom stereocenters. The molecule has 260 valence electrons. The summed E-state index contributed by atoms with van der Waals surface area (Å²) in [6.45, 7) is 8.53. The summed E-state index contributed by atoms with van der Waals surface area (Å²) in [5, 5.41) is 10.2. The van der Waals surface area contributed by atoms with E-state index in [1.165, 1.54) is 24.6 Å². The number of ether oxygens (including phenoxy) is 2. The third-order valence-electron chi connectivity index (χ3n) is 9.42. The largest absolute Gasteiger partial charge is 0.490 e. The molecular weight excluding hydrogens is 618 g/mol. The summed E-state index contributed by atoms with van der Waals surface area (Å²) in [6, 6.07) is 10.7. The van der Waals surface area contributed by atoms with Crippen LogP contribution in [-0.2, 0) is 19.6 Å². The van der Waals surface area contributed by atoms with Gasteiger partial charge in [0.25, 0.3) is 15.9 Å². The number of aryl methyl sites for hydroxylation is 1. The molecule has 2 aliphatic rings. The van der Waals surface area contributed by atoms with E-state index in [1.54, 1.807) is 41.0 Å². The van der Waals surface area contributed by atoms with Gasteiger partial charge in [-0.25, -0.2) is 8.42 Å². The summed E-state index contributed by atoms with van der Waals surface area (Å²) in [7, 11) is -2.08. The van der Waals surface area contributed by atoms with Crippen molar-refractivity contribution in [2.24, 2.45) is 11.8 Å². The van der Waals surface area contributed by atoms with Gasteiger partial charge in [-0.2, -0.15) is 0 Å². The van der Waals surface area contributed by atoms with Crippen LogP contribution in [0.25, 0.3) is 0 Å². The van der Waals surface area contributed by atoms with Crippen molar-refractivity contribution in [1.29, 1.82) is 0 Å². The number of carbonyl (C=O) groups excluding carboxylic acids is 2. The SMILES string of the molecule is Cc1ccc(S(=O)(=O)Nc2ccc3c(c2)C(=O)N([C@@H](C)CO)C[C@H](C)[C@H](CN(C)C(=O)C2CCCCC2)OCCCC[C@H](C)O3)cc1. The van der Waals surface area contributed by atoms with Gasteiger partial charge < -0.3 is 24.4 Å². The molecule has 0 saturated heterocycles. The Hall–Kier alpha value is -3.15. The summed E-state index contributed by atoms with van der Waals surface area (Å²) in [6.07, 6.45) is 7.04. The van der Waals surface area contributed by atoms with Gasteiger partial charge in [-0.3, -0.25) is 14.3 Å². The Kier molecular flexibility index (Phi) is 13.1. The highest BCUT2D eigenvalue weighted by molar-refractivity contribution is 7.92. The van der Waals surface area contributed by atoms with Crippen LogP contribution in [0.1, 0.15) is 88.1 Å². The summed E-state index contributed by atoms with van der Waals surface area (Å²) < 4.78 is 41.7. The van der Waals surface area contributed by atoms with E-state index in [0.29, 0.717) is 18.9 Å². The van der Waals surface area contributed by atoms with Gasteiger partial charge in [-0.1, -0.05) is 43.9 Å². The predicted octanol–water partition coefficient (Wildman–Crippen LogP) is 5.63. The standard InChI is InChI=1S/C36H53N3O7S/c1-25-14-17-31(18-15-25)47(43,44)37-30-16-19-33-32(21-30)36(42)39(27(3)24-40)22-26(2)34(45-20-10-9-11-28(4)46-33)23-38(5)35(41)29-12-7-6-8-13-29/h14-19,21,26-29,34,37,40H,6-13,20,22-24H2,1-5H3/t26-,27-,28-,34-/m0/s1. The van der Waals surface area contributed by atoms with Gasteiger partial charge in [-0.05, 0) is 83.2 Å². The summed E-state index contributed by atoms with van der Waals surface area (Å²) in [5.41, 5.74) is 1.37. The fourth-order valence-electron chi connectivity index (χ4n) is 6.40. The van der Waals surface area contributed by atoms with Crippen LogP contribution in [0.5, 0.6) is 5.75 Å². The Morgan fingerprint density at radius 1 is 1.04 bits per heavy atom. The van der Waals surface area contributed by atoms with E-state index >= 15 is 0 Å². The highest BCUT2D eigenvalue weighted by Gasteiger charge is 2.32. The summed E-state index contributed by atoms with van der Waals surface area (Å²) >= 11 is 0. The maximum atomic E-state index is 14.4. The van der Waals surface area contributed by atoms with Crippen LogP contribution in [-0.4, -0.2) is 86.7 Å². The number of fused-ring (bicyclic) bond motifs is 1. The predicted molar refractivity (Wildman–Crippen MR) is 183 cm³/mol. The molecule has 0 spiro atoms. The van der Waals surface area contributed by atoms with E-state index in [0.717, 1.165) is 50.5 Å². The number of rotatable bonds is 8. The van der Waals surface area contributed by atoms with Crippen molar-refractivity contribution in [3.05, 3.63) is 53.6 Å². The lowest BCUT2D eigenvalue weighted by molar-refractivity contribution is -0.137. The number of likely N-dealkylation sites (N-methyl/N-ethyl adjacent to an activating group) is 1. The number of nitrogens with zero attached hydrogens (tertiary/aromatic N) is 2. The molecule has 1 heterocycles. The second-order valence-electron chi connectivity index (χ2n) is 13.5. The second-order valence-corrected chi connectivity index (χ2v) is 15.2. The van der Waals surface area contributed by atoms with Crippen LogP contribution >= 0.6 is 0 Å². The van der Waals surface area contributed by atoms with Gasteiger partial charge >= 0.3 is 0 Å². The first kappa shape index (κ1) is 36.7. The van der Waals surface area contributed by atoms with E-state index in [1.807, 2.05) is 27.8 Å². The van der Waals surface area contributed by atoms with E-state index < -0.39 is 16.1 Å². The fraction of sp³-hybridized carbons (Fsp3) is 0.611. The molecule has 1 saturated carbocycles. The van der Waals surface area contributed by atoms with Gasteiger partial charge in [-0.15, -0.1) is 0 Å². The smallest absolute Gasteiger partial charge is 0.261 e. The van der Waals surface area contributed by atoms with E-state index in [2.05, 4.69) is 4.72 Å². The number of aliphatic hydroxyl groups is 1. The molecular formula is C36H53N3O7S. The lowest BCUT2D eigenvalue weighted by Gasteiger charge is -2.36. The highest BCUT2D eigenvalue weighted by Crippen LogP contribution is 2.30. The maximum absolute atomic E-state index is 14.4. The number of hydrogen-bond acceptors (Lipinski definition) is 7. The number of carbonyl (C=O) groups is 2. The summed E-state index contributed by atoms with van der Waals surface area (Å²) in [4.78, 5) is 31.2. The average molecular weight is 672 g/mol. The van der Waals surface area contributed by atoms with Crippen LogP contribution in [0.2, 0.25) is 0 Å². The lowest BCUT2D eigenvalue weighted by atomic mass is 9.88. The third-order valence-corrected chi connectivity index (χ3v) is 10.8. The van der Waals surface area contributed by atoms with Crippen LogP contribution in [0.3, 0.4) is 0 Å². The Bertz CT molecular complexity index is 1440. The molecule has 1 aliphatic heterocycles. The quantitative estimate of drug-likeness (QED) is 0.373. The lowest BCUT2D eigenvalue weighted by Crippen LogP contribution is -2.48. The molecule has 2 amide bonds. The number of nitrogens with one attached hydrogen (secondary N) is 1. The maximum Gasteiger partial charge on any atom is 0.261 e. The molecule has 10 nitrogen and oxygen atoms in total. The average Bonchev–Trinajstić information content (AvgIpc) is 3.06. The van der Waals surface area contributed by atoms with Crippen molar-refractivity contribution in [3.8, 4) is 5.75 Å². The molecule has 47 heavy (non-hydrogen) atoms. The van der Waals surface area contributed by atoms with Crippen LogP contribution in [0.15, 0.2) is 47.4 Å². The van der Waals surface area contributed by atoms with E-state index in [4.69, 9.17) is 9.47 Å². The number of aliphatic hydroxyl groups excluding tert-OH is 1. The minimum Gasteiger partial charge on any atom is -0.490 e. The highest BCUT2D eigenvalue weighted by atomic mass is 32.2. The normalized spacial score (nSPS) is 22.8. The van der Waals surface area contributed by atoms with Crippen LogP contribution in [0.4, 0.5) is 5.69 Å². The minimum atomic E-state index is -3.92. The topological polar surface area (TPSA) is 125 Å². The Balaban J connectivity index is 1.64. The van der Waals surface area contributed by atoms with E-state index in [9.17, 15) is 23.1 Å². The summed E-state index contributed by atoms with van der Waals surface area (Å²) in [5.74, 6) is -0.0163. The van der Waals surface area contributed by atoms with Gasteiger partial charge in [0, 0.05) is 44.3 Å². The number of amides is 2. The van der Waals surface area contributed by atoms with Crippen molar-refractivity contribution in [1.82, 2.24) is 9.80 Å².